The molecule has 38 heavy (non-hydrogen) atoms. The van der Waals surface area contributed by atoms with Crippen molar-refractivity contribution in [3.8, 4) is 16.9 Å². The van der Waals surface area contributed by atoms with Crippen LogP contribution in [0.5, 0.6) is 0 Å². The lowest BCUT2D eigenvalue weighted by Gasteiger charge is -2.26. The molecule has 1 N–H and O–H groups in total. The second-order valence-electron chi connectivity index (χ2n) is 9.29. The Labute approximate surface area is 237 Å². The Morgan fingerprint density at radius 2 is 1.61 bits per heavy atom. The first-order valence-corrected chi connectivity index (χ1v) is 13.2. The molecule has 196 valence electrons. The first kappa shape index (κ1) is 27.7. The minimum absolute atomic E-state index is 0.189. The Morgan fingerprint density at radius 1 is 0.921 bits per heavy atom. The average molecular weight is 570 g/mol. The topological polar surface area (TPSA) is 67.2 Å². The molecule has 0 unspecified atom stereocenters. The van der Waals surface area contributed by atoms with Crippen molar-refractivity contribution < 1.29 is 9.59 Å². The minimum Gasteiger partial charge on any atom is -0.327 e. The van der Waals surface area contributed by atoms with E-state index in [9.17, 15) is 9.59 Å². The van der Waals surface area contributed by atoms with Gasteiger partial charge >= 0.3 is 0 Å². The zero-order valence-electron chi connectivity index (χ0n) is 21.4. The Kier molecular flexibility index (Phi) is 8.46. The first-order valence-electron chi connectivity index (χ1n) is 12.0. The molecule has 0 atom stereocenters. The number of nitrogens with zero attached hydrogens (tertiary/aromatic N) is 3. The number of aromatic nitrogens is 2. The molecule has 9 heteroatoms. The molecule has 1 heterocycles. The van der Waals surface area contributed by atoms with Gasteiger partial charge in [0.15, 0.2) is 0 Å². The van der Waals surface area contributed by atoms with Crippen molar-refractivity contribution in [2.24, 2.45) is 0 Å². The summed E-state index contributed by atoms with van der Waals surface area (Å²) >= 11 is 18.3. The Balaban J connectivity index is 1.65. The number of hydrogen-bond acceptors (Lipinski definition) is 3. The number of rotatable bonds is 7. The van der Waals surface area contributed by atoms with Gasteiger partial charge in [0.25, 0.3) is 5.91 Å². The molecule has 0 bridgehead atoms. The molecule has 0 aliphatic carbocycles. The van der Waals surface area contributed by atoms with Gasteiger partial charge in [-0.15, -0.1) is 0 Å². The highest BCUT2D eigenvalue weighted by Gasteiger charge is 2.24. The fourth-order valence-electron chi connectivity index (χ4n) is 3.93. The maximum atomic E-state index is 13.3. The second kappa shape index (κ2) is 11.6. The standard InChI is InChI=1S/C29H27Cl3N4O2/c1-17(2)35(28(38)24-12-10-22(31)14-25(24)32)16-27(37)34-29-33-26(20-6-8-21(30)9-7-20)15-36(29)23-11-5-18(3)19(4)13-23/h5-15,17H,16H2,1-4H3,(H,33,34,37). The zero-order valence-corrected chi connectivity index (χ0v) is 23.7. The summed E-state index contributed by atoms with van der Waals surface area (Å²) in [5, 5.41) is 4.17. The van der Waals surface area contributed by atoms with E-state index in [-0.39, 0.29) is 29.1 Å². The number of nitrogens with one attached hydrogen (secondary N) is 1. The third-order valence-corrected chi connectivity index (χ3v) is 7.03. The van der Waals surface area contributed by atoms with Crippen molar-refractivity contribution >= 4 is 52.6 Å². The van der Waals surface area contributed by atoms with Crippen LogP contribution in [0.15, 0.2) is 66.9 Å². The van der Waals surface area contributed by atoms with Crippen LogP contribution in [0.25, 0.3) is 16.9 Å². The van der Waals surface area contributed by atoms with Crippen molar-refractivity contribution in [1.82, 2.24) is 14.5 Å². The fourth-order valence-corrected chi connectivity index (χ4v) is 4.54. The van der Waals surface area contributed by atoms with Crippen molar-refractivity contribution in [2.45, 2.75) is 33.7 Å². The number of amides is 2. The van der Waals surface area contributed by atoms with Gasteiger partial charge in [-0.1, -0.05) is 53.0 Å². The van der Waals surface area contributed by atoms with E-state index in [2.05, 4.69) is 5.32 Å². The molecule has 0 aliphatic heterocycles. The molecule has 2 amide bonds. The second-order valence-corrected chi connectivity index (χ2v) is 10.6. The first-order chi connectivity index (χ1) is 18.0. The van der Waals surface area contributed by atoms with E-state index in [1.807, 2.05) is 68.8 Å². The number of aryl methyl sites for hydroxylation is 2. The SMILES string of the molecule is Cc1ccc(-n2cc(-c3ccc(Cl)cc3)nc2NC(=O)CN(C(=O)c2ccc(Cl)cc2Cl)C(C)C)cc1C. The third-order valence-electron chi connectivity index (χ3n) is 6.23. The fraction of sp³-hybridized carbons (Fsp3) is 0.207. The van der Waals surface area contributed by atoms with E-state index in [0.717, 1.165) is 22.4 Å². The molecule has 0 fully saturated rings. The van der Waals surface area contributed by atoms with Gasteiger partial charge in [0, 0.05) is 33.5 Å². The number of carbonyl (C=O) groups excluding carboxylic acids is 2. The van der Waals surface area contributed by atoms with E-state index in [4.69, 9.17) is 39.8 Å². The zero-order chi connectivity index (χ0) is 27.6. The molecule has 0 radical (unpaired) electrons. The molecule has 3 aromatic carbocycles. The summed E-state index contributed by atoms with van der Waals surface area (Å²) in [7, 11) is 0. The van der Waals surface area contributed by atoms with Crippen LogP contribution in [-0.4, -0.2) is 38.9 Å². The van der Waals surface area contributed by atoms with Gasteiger partial charge in [0.05, 0.1) is 16.3 Å². The largest absolute Gasteiger partial charge is 0.327 e. The summed E-state index contributed by atoms with van der Waals surface area (Å²) in [4.78, 5) is 32.7. The number of hydrogen-bond donors (Lipinski definition) is 1. The highest BCUT2D eigenvalue weighted by molar-refractivity contribution is 6.36. The molecule has 6 nitrogen and oxygen atoms in total. The van der Waals surface area contributed by atoms with Crippen molar-refractivity contribution in [2.75, 3.05) is 11.9 Å². The van der Waals surface area contributed by atoms with Crippen LogP contribution in [0.3, 0.4) is 0 Å². The van der Waals surface area contributed by atoms with Crippen molar-refractivity contribution in [3.05, 3.63) is 98.6 Å². The smallest absolute Gasteiger partial charge is 0.256 e. The van der Waals surface area contributed by atoms with Gasteiger partial charge in [-0.25, -0.2) is 4.98 Å². The van der Waals surface area contributed by atoms with Crippen LogP contribution < -0.4 is 5.32 Å². The van der Waals surface area contributed by atoms with Crippen LogP contribution in [0.4, 0.5) is 5.95 Å². The molecule has 0 aliphatic rings. The van der Waals surface area contributed by atoms with Crippen LogP contribution >= 0.6 is 34.8 Å². The predicted molar refractivity (Wildman–Crippen MR) is 155 cm³/mol. The maximum Gasteiger partial charge on any atom is 0.256 e. The van der Waals surface area contributed by atoms with Gasteiger partial charge in [0.2, 0.25) is 11.9 Å². The summed E-state index contributed by atoms with van der Waals surface area (Å²) in [6, 6.07) is 17.7. The van der Waals surface area contributed by atoms with Crippen LogP contribution in [0.2, 0.25) is 15.1 Å². The predicted octanol–water partition coefficient (Wildman–Crippen LogP) is 7.61. The lowest BCUT2D eigenvalue weighted by molar-refractivity contribution is -0.117. The molecule has 1 aromatic heterocycles. The van der Waals surface area contributed by atoms with Crippen LogP contribution in [-0.2, 0) is 4.79 Å². The van der Waals surface area contributed by atoms with Gasteiger partial charge in [-0.2, -0.15) is 0 Å². The van der Waals surface area contributed by atoms with Gasteiger partial charge in [-0.3, -0.25) is 19.5 Å². The minimum atomic E-state index is -0.393. The summed E-state index contributed by atoms with van der Waals surface area (Å²) in [6.07, 6.45) is 1.86. The van der Waals surface area contributed by atoms with Crippen LogP contribution in [0.1, 0.15) is 35.3 Å². The highest BCUT2D eigenvalue weighted by Crippen LogP contribution is 2.27. The number of carbonyl (C=O) groups is 2. The summed E-state index contributed by atoms with van der Waals surface area (Å²) < 4.78 is 1.83. The summed E-state index contributed by atoms with van der Waals surface area (Å²) in [5.41, 5.74) is 4.91. The van der Waals surface area contributed by atoms with Gasteiger partial charge < -0.3 is 4.90 Å². The molecular formula is C29H27Cl3N4O2. The molecule has 4 aromatic rings. The Bertz CT molecular complexity index is 1500. The number of imidazole rings is 1. The monoisotopic (exact) mass is 568 g/mol. The molecule has 0 saturated carbocycles. The maximum absolute atomic E-state index is 13.3. The van der Waals surface area contributed by atoms with E-state index in [1.165, 1.54) is 11.0 Å². The quantitative estimate of drug-likeness (QED) is 0.249. The molecular weight excluding hydrogens is 543 g/mol. The lowest BCUT2D eigenvalue weighted by Crippen LogP contribution is -2.42. The van der Waals surface area contributed by atoms with Gasteiger partial charge in [-0.05, 0) is 81.3 Å². The molecule has 0 spiro atoms. The van der Waals surface area contributed by atoms with Crippen molar-refractivity contribution in [1.29, 1.82) is 0 Å². The number of benzene rings is 3. The summed E-state index contributed by atoms with van der Waals surface area (Å²) in [5.74, 6) is -0.421. The average Bonchev–Trinajstić information content (AvgIpc) is 3.27. The molecule has 4 rings (SSSR count). The highest BCUT2D eigenvalue weighted by atomic mass is 35.5. The van der Waals surface area contributed by atoms with Crippen LogP contribution in [0, 0.1) is 13.8 Å². The van der Waals surface area contributed by atoms with E-state index < -0.39 is 5.91 Å². The van der Waals surface area contributed by atoms with E-state index in [1.54, 1.807) is 24.3 Å². The number of anilines is 1. The lowest BCUT2D eigenvalue weighted by atomic mass is 10.1. The normalized spacial score (nSPS) is 11.1. The summed E-state index contributed by atoms with van der Waals surface area (Å²) in [6.45, 7) is 7.56. The third kappa shape index (κ3) is 6.21. The van der Waals surface area contributed by atoms with Gasteiger partial charge in [0.1, 0.15) is 6.54 Å². The van der Waals surface area contributed by atoms with Crippen molar-refractivity contribution in [3.63, 3.8) is 0 Å². The Morgan fingerprint density at radius 3 is 2.24 bits per heavy atom. The van der Waals surface area contributed by atoms with E-state index >= 15 is 0 Å². The van der Waals surface area contributed by atoms with E-state index in [0.29, 0.717) is 21.7 Å². The molecule has 0 saturated heterocycles. The number of halogens is 3. The Hall–Kier alpha value is -3.32.